The predicted octanol–water partition coefficient (Wildman–Crippen LogP) is 0.618. The average molecular weight is 373 g/mol. The van der Waals surface area contributed by atoms with Crippen molar-refractivity contribution in [3.8, 4) is 5.88 Å². The molecule has 0 fully saturated rings. The Bertz CT molecular complexity index is 1130. The van der Waals surface area contributed by atoms with Crippen LogP contribution < -0.4 is 11.1 Å². The van der Waals surface area contributed by atoms with Crippen molar-refractivity contribution in [1.29, 1.82) is 0 Å². The number of hydrogen-bond donors (Lipinski definition) is 4. The summed E-state index contributed by atoms with van der Waals surface area (Å²) < 4.78 is 23.9. The van der Waals surface area contributed by atoms with E-state index in [2.05, 4.69) is 20.3 Å². The Morgan fingerprint density at radius 2 is 2.08 bits per heavy atom. The van der Waals surface area contributed by atoms with Crippen molar-refractivity contribution in [2.45, 2.75) is 11.3 Å². The summed E-state index contributed by atoms with van der Waals surface area (Å²) in [4.78, 5) is 23.4. The lowest BCUT2D eigenvalue weighted by Crippen LogP contribution is -2.29. The monoisotopic (exact) mass is 373 g/mol. The number of aromatic nitrogens is 2. The first-order valence-electron chi connectivity index (χ1n) is 7.75. The van der Waals surface area contributed by atoms with Gasteiger partial charge in [0.05, 0.1) is 10.6 Å². The van der Waals surface area contributed by atoms with Gasteiger partial charge in [-0.25, -0.2) is 13.4 Å². The predicted molar refractivity (Wildman–Crippen MR) is 95.8 cm³/mol. The van der Waals surface area contributed by atoms with Crippen molar-refractivity contribution in [2.75, 3.05) is 18.5 Å². The normalized spacial score (nSPS) is 16.7. The van der Waals surface area contributed by atoms with E-state index < -0.39 is 9.84 Å². The highest BCUT2D eigenvalue weighted by atomic mass is 32.2. The van der Waals surface area contributed by atoms with E-state index in [-0.39, 0.29) is 28.3 Å². The molecule has 3 heterocycles. The van der Waals surface area contributed by atoms with E-state index in [1.807, 2.05) is 0 Å². The topological polar surface area (TPSA) is 151 Å². The molecule has 9 nitrogen and oxygen atoms in total. The van der Waals surface area contributed by atoms with Gasteiger partial charge in [-0.05, 0) is 30.2 Å². The lowest BCUT2D eigenvalue weighted by Gasteiger charge is -2.10. The van der Waals surface area contributed by atoms with Gasteiger partial charge in [-0.15, -0.1) is 0 Å². The fraction of sp³-hybridized carbons (Fsp3) is 0.188. The minimum absolute atomic E-state index is 0.0377. The molecule has 134 valence electrons. The molecule has 2 aliphatic rings. The van der Waals surface area contributed by atoms with Crippen LogP contribution in [0, 0.1) is 0 Å². The lowest BCUT2D eigenvalue weighted by molar-refractivity contribution is -0.114. The summed E-state index contributed by atoms with van der Waals surface area (Å²) in [7, 11) is -3.43. The van der Waals surface area contributed by atoms with E-state index in [0.717, 1.165) is 6.26 Å². The lowest BCUT2D eigenvalue weighted by atomic mass is 9.94. The van der Waals surface area contributed by atoms with Crippen LogP contribution in [-0.4, -0.2) is 47.9 Å². The maximum atomic E-state index is 12.4. The van der Waals surface area contributed by atoms with Gasteiger partial charge in [0.1, 0.15) is 11.4 Å². The summed E-state index contributed by atoms with van der Waals surface area (Å²) in [5.41, 5.74) is 8.16. The number of H-pyrrole nitrogens is 1. The quantitative estimate of drug-likeness (QED) is 0.606. The first kappa shape index (κ1) is 16.3. The molecule has 10 heteroatoms. The molecule has 0 unspecified atom stereocenters. The van der Waals surface area contributed by atoms with Crippen LogP contribution in [0.1, 0.15) is 17.7 Å². The number of carbonyl (C=O) groups is 1. The molecule has 26 heavy (non-hydrogen) atoms. The van der Waals surface area contributed by atoms with Gasteiger partial charge in [0, 0.05) is 23.9 Å². The van der Waals surface area contributed by atoms with Gasteiger partial charge in [0.15, 0.2) is 9.84 Å². The van der Waals surface area contributed by atoms with Gasteiger partial charge in [-0.3, -0.25) is 4.79 Å². The van der Waals surface area contributed by atoms with Crippen LogP contribution in [0.2, 0.25) is 0 Å². The van der Waals surface area contributed by atoms with E-state index in [0.29, 0.717) is 41.1 Å². The second kappa shape index (κ2) is 5.43. The number of carbonyl (C=O) groups excluding carboxylic acids is 1. The molecule has 2 aliphatic heterocycles. The van der Waals surface area contributed by atoms with E-state index in [1.54, 1.807) is 6.07 Å². The van der Waals surface area contributed by atoms with Crippen LogP contribution in [0.3, 0.4) is 0 Å². The van der Waals surface area contributed by atoms with Gasteiger partial charge in [-0.2, -0.15) is 4.98 Å². The zero-order chi connectivity index (χ0) is 18.6. The largest absolute Gasteiger partial charge is 0.492 e. The third-order valence-electron chi connectivity index (χ3n) is 4.32. The Labute approximate surface area is 148 Å². The second-order valence-corrected chi connectivity index (χ2v) is 8.11. The number of aromatic amines is 1. The summed E-state index contributed by atoms with van der Waals surface area (Å²) in [5, 5.41) is 12.8. The molecule has 4 rings (SSSR count). The number of imidazole rings is 1. The number of nitrogen functional groups attached to an aromatic ring is 1. The molecule has 0 spiro atoms. The summed E-state index contributed by atoms with van der Waals surface area (Å²) in [6.07, 6.45) is 1.50. The smallest absolute Gasteiger partial charge is 0.270 e. The molecule has 0 radical (unpaired) electrons. The fourth-order valence-corrected chi connectivity index (χ4v) is 3.82. The SMILES string of the molecule is CS(=O)(=O)c1ccc2c(c1)C1=C(c3[nH]c(N)nc3O)CCNC(=O)C1=N2. The van der Waals surface area contributed by atoms with Crippen LogP contribution in [0.5, 0.6) is 5.88 Å². The molecule has 0 bridgehead atoms. The maximum absolute atomic E-state index is 12.4. The second-order valence-electron chi connectivity index (χ2n) is 6.09. The molecule has 0 atom stereocenters. The third kappa shape index (κ3) is 2.46. The van der Waals surface area contributed by atoms with Crippen molar-refractivity contribution < 1.29 is 18.3 Å². The molecule has 5 N–H and O–H groups in total. The molecule has 0 saturated carbocycles. The van der Waals surface area contributed by atoms with E-state index in [9.17, 15) is 18.3 Å². The summed E-state index contributed by atoms with van der Waals surface area (Å²) >= 11 is 0. The van der Waals surface area contributed by atoms with E-state index in [4.69, 9.17) is 5.73 Å². The van der Waals surface area contributed by atoms with Crippen molar-refractivity contribution in [3.05, 3.63) is 29.5 Å². The number of hydrogen-bond acceptors (Lipinski definition) is 7. The van der Waals surface area contributed by atoms with Crippen LogP contribution in [-0.2, 0) is 14.6 Å². The molecular formula is C16H15N5O4S. The summed E-state index contributed by atoms with van der Waals surface area (Å²) in [5.74, 6) is -0.610. The maximum Gasteiger partial charge on any atom is 0.270 e. The minimum Gasteiger partial charge on any atom is -0.492 e. The van der Waals surface area contributed by atoms with Gasteiger partial charge in [0.25, 0.3) is 5.91 Å². The van der Waals surface area contributed by atoms with Gasteiger partial charge in [-0.1, -0.05) is 0 Å². The van der Waals surface area contributed by atoms with Crippen molar-refractivity contribution in [3.63, 3.8) is 0 Å². The Morgan fingerprint density at radius 3 is 2.73 bits per heavy atom. The number of benzene rings is 1. The number of aromatic hydroxyl groups is 1. The number of aliphatic imine (C=N–C) groups is 1. The van der Waals surface area contributed by atoms with Crippen molar-refractivity contribution in [1.82, 2.24) is 15.3 Å². The highest BCUT2D eigenvalue weighted by molar-refractivity contribution is 7.90. The summed E-state index contributed by atoms with van der Waals surface area (Å²) in [6, 6.07) is 4.51. The Kier molecular flexibility index (Phi) is 3.41. The molecule has 0 saturated heterocycles. The summed E-state index contributed by atoms with van der Waals surface area (Å²) in [6.45, 7) is 0.330. The zero-order valence-corrected chi connectivity index (χ0v) is 14.5. The molecule has 1 aromatic carbocycles. The van der Waals surface area contributed by atoms with Crippen LogP contribution in [0.4, 0.5) is 11.6 Å². The number of nitrogens with one attached hydrogen (secondary N) is 2. The first-order valence-corrected chi connectivity index (χ1v) is 9.64. The number of amides is 1. The first-order chi connectivity index (χ1) is 12.3. The molecule has 0 aliphatic carbocycles. The fourth-order valence-electron chi connectivity index (χ4n) is 3.17. The van der Waals surface area contributed by atoms with Gasteiger partial charge in [0.2, 0.25) is 11.8 Å². The highest BCUT2D eigenvalue weighted by Gasteiger charge is 2.33. The number of nitrogens with zero attached hydrogens (tertiary/aromatic N) is 2. The molecule has 1 amide bonds. The molecule has 2 aromatic rings. The van der Waals surface area contributed by atoms with Crippen LogP contribution in [0.15, 0.2) is 28.1 Å². The van der Waals surface area contributed by atoms with E-state index in [1.165, 1.54) is 12.1 Å². The Hall–Kier alpha value is -3.14. The zero-order valence-electron chi connectivity index (χ0n) is 13.7. The average Bonchev–Trinajstić information content (AvgIpc) is 3.05. The number of fused-ring (bicyclic) bond motifs is 3. The third-order valence-corrected chi connectivity index (χ3v) is 5.43. The number of rotatable bonds is 2. The number of anilines is 1. The minimum atomic E-state index is -3.43. The van der Waals surface area contributed by atoms with Crippen molar-refractivity contribution in [2.24, 2.45) is 4.99 Å². The Balaban J connectivity index is 2.03. The molecule has 1 aromatic heterocycles. The van der Waals surface area contributed by atoms with Crippen LogP contribution in [0.25, 0.3) is 11.1 Å². The molecular weight excluding hydrogens is 358 g/mol. The number of nitrogens with two attached hydrogens (primary N) is 1. The standard InChI is InChI=1S/C16H15N5O4S/c1-26(24,25)7-2-3-10-9(6-7)11-8(12-15(23)21-16(17)20-12)4-5-18-14(22)13(11)19-10/h2-3,6,23H,4-5H2,1H3,(H,18,22)(H3,17,20,21). The van der Waals surface area contributed by atoms with Gasteiger partial charge >= 0.3 is 0 Å². The highest BCUT2D eigenvalue weighted by Crippen LogP contribution is 2.43. The van der Waals surface area contributed by atoms with Crippen LogP contribution >= 0.6 is 0 Å². The van der Waals surface area contributed by atoms with E-state index >= 15 is 0 Å². The van der Waals surface area contributed by atoms with Gasteiger partial charge < -0.3 is 21.1 Å². The number of sulfone groups is 1. The van der Waals surface area contributed by atoms with Crippen molar-refractivity contribution >= 4 is 44.2 Å². The Morgan fingerprint density at radius 1 is 1.31 bits per heavy atom.